The van der Waals surface area contributed by atoms with Gasteiger partial charge in [0.2, 0.25) is 0 Å². The summed E-state index contributed by atoms with van der Waals surface area (Å²) in [6, 6.07) is 4.02. The molecular formula is C9H12N2S2. The number of nitrogens with one attached hydrogen (secondary N) is 1. The van der Waals surface area contributed by atoms with Crippen molar-refractivity contribution in [1.29, 1.82) is 0 Å². The molecule has 13 heavy (non-hydrogen) atoms. The van der Waals surface area contributed by atoms with Crippen LogP contribution in [0.15, 0.2) is 12.1 Å². The highest BCUT2D eigenvalue weighted by Gasteiger charge is 1.98. The van der Waals surface area contributed by atoms with E-state index in [1.54, 1.807) is 0 Å². The lowest BCUT2D eigenvalue weighted by molar-refractivity contribution is 1.18. The summed E-state index contributed by atoms with van der Waals surface area (Å²) in [5, 5.41) is 3.06. The molecule has 1 aromatic rings. The highest BCUT2D eigenvalue weighted by Crippen LogP contribution is 2.11. The predicted octanol–water partition coefficient (Wildman–Crippen LogP) is 2.76. The van der Waals surface area contributed by atoms with Crippen LogP contribution in [0, 0.1) is 13.8 Å². The van der Waals surface area contributed by atoms with E-state index in [2.05, 4.69) is 10.3 Å². The molecule has 0 saturated heterocycles. The van der Waals surface area contributed by atoms with Crippen molar-refractivity contribution < 1.29 is 0 Å². The second kappa shape index (κ2) is 4.58. The lowest BCUT2D eigenvalue weighted by Crippen LogP contribution is -2.06. The molecule has 1 N–H and O–H groups in total. The Labute approximate surface area is 88.1 Å². The zero-order chi connectivity index (χ0) is 9.84. The Balaban J connectivity index is 2.83. The minimum Gasteiger partial charge on any atom is -0.326 e. The van der Waals surface area contributed by atoms with Crippen molar-refractivity contribution >= 4 is 34.1 Å². The van der Waals surface area contributed by atoms with E-state index < -0.39 is 0 Å². The number of anilines is 1. The number of aromatic nitrogens is 1. The van der Waals surface area contributed by atoms with Gasteiger partial charge in [-0.05, 0) is 37.8 Å². The molecule has 0 aliphatic rings. The molecule has 0 aromatic carbocycles. The zero-order valence-electron chi connectivity index (χ0n) is 7.92. The lowest BCUT2D eigenvalue weighted by Gasteiger charge is -2.06. The molecule has 0 atom stereocenters. The minimum atomic E-state index is 0.748. The van der Waals surface area contributed by atoms with Crippen LogP contribution in [0.2, 0.25) is 0 Å². The van der Waals surface area contributed by atoms with Crippen molar-refractivity contribution in [3.05, 3.63) is 23.4 Å². The second-order valence-corrected chi connectivity index (χ2v) is 4.27. The normalized spacial score (nSPS) is 9.77. The number of hydrogen-bond acceptors (Lipinski definition) is 3. The van der Waals surface area contributed by atoms with Crippen molar-refractivity contribution in [2.75, 3.05) is 11.6 Å². The molecule has 4 heteroatoms. The number of nitrogens with zero attached hydrogens (tertiary/aromatic N) is 1. The van der Waals surface area contributed by atoms with Crippen LogP contribution in [0.1, 0.15) is 11.3 Å². The van der Waals surface area contributed by atoms with Crippen LogP contribution in [0.4, 0.5) is 5.82 Å². The molecule has 70 valence electrons. The van der Waals surface area contributed by atoms with Crippen molar-refractivity contribution in [2.45, 2.75) is 13.8 Å². The molecule has 0 unspecified atom stereocenters. The summed E-state index contributed by atoms with van der Waals surface area (Å²) >= 11 is 6.55. The van der Waals surface area contributed by atoms with Gasteiger partial charge in [-0.3, -0.25) is 0 Å². The predicted molar refractivity (Wildman–Crippen MR) is 63.4 cm³/mol. The highest BCUT2D eigenvalue weighted by atomic mass is 32.2. The van der Waals surface area contributed by atoms with E-state index in [0.717, 1.165) is 15.8 Å². The third-order valence-electron chi connectivity index (χ3n) is 1.51. The van der Waals surface area contributed by atoms with E-state index >= 15 is 0 Å². The largest absolute Gasteiger partial charge is 0.326 e. The number of pyridine rings is 1. The van der Waals surface area contributed by atoms with Crippen LogP contribution in [0.5, 0.6) is 0 Å². The van der Waals surface area contributed by atoms with Gasteiger partial charge in [0.1, 0.15) is 10.1 Å². The molecule has 2 nitrogen and oxygen atoms in total. The van der Waals surface area contributed by atoms with Crippen molar-refractivity contribution in [2.24, 2.45) is 0 Å². The Morgan fingerprint density at radius 2 is 2.15 bits per heavy atom. The Morgan fingerprint density at radius 3 is 2.69 bits per heavy atom. The molecule has 0 radical (unpaired) electrons. The molecule has 1 aromatic heterocycles. The molecule has 0 amide bonds. The van der Waals surface area contributed by atoms with E-state index in [0.29, 0.717) is 0 Å². The summed E-state index contributed by atoms with van der Waals surface area (Å²) in [5.41, 5.74) is 2.20. The second-order valence-electron chi connectivity index (χ2n) is 2.79. The summed E-state index contributed by atoms with van der Waals surface area (Å²) in [6.45, 7) is 4.02. The summed E-state index contributed by atoms with van der Waals surface area (Å²) in [5.74, 6) is 0.830. The Morgan fingerprint density at radius 1 is 1.46 bits per heavy atom. The minimum absolute atomic E-state index is 0.748. The summed E-state index contributed by atoms with van der Waals surface area (Å²) in [6.07, 6.45) is 1.94. The Hall–Kier alpha value is -0.610. The van der Waals surface area contributed by atoms with Gasteiger partial charge < -0.3 is 5.32 Å². The first-order chi connectivity index (χ1) is 6.11. The maximum absolute atomic E-state index is 5.04. The number of thioether (sulfide) groups is 1. The maximum Gasteiger partial charge on any atom is 0.139 e. The molecular weight excluding hydrogens is 200 g/mol. The van der Waals surface area contributed by atoms with E-state index in [1.165, 1.54) is 17.3 Å². The van der Waals surface area contributed by atoms with Gasteiger partial charge >= 0.3 is 0 Å². The standard InChI is InChI=1S/C9H12N2S2/c1-6-4-7(2)10-8(5-6)11-9(12)13-3/h4-5H,1-3H3,(H,10,11,12). The summed E-state index contributed by atoms with van der Waals surface area (Å²) in [7, 11) is 0. The molecule has 0 aliphatic carbocycles. The van der Waals surface area contributed by atoms with Gasteiger partial charge in [-0.2, -0.15) is 0 Å². The van der Waals surface area contributed by atoms with Crippen molar-refractivity contribution in [3.63, 3.8) is 0 Å². The molecule has 0 fully saturated rings. The first kappa shape index (κ1) is 10.5. The van der Waals surface area contributed by atoms with E-state index in [9.17, 15) is 0 Å². The molecule has 0 aliphatic heterocycles. The third-order valence-corrected chi connectivity index (χ3v) is 2.59. The molecule has 1 heterocycles. The van der Waals surface area contributed by atoms with Crippen LogP contribution >= 0.6 is 24.0 Å². The van der Waals surface area contributed by atoms with Gasteiger partial charge in [0.15, 0.2) is 0 Å². The first-order valence-electron chi connectivity index (χ1n) is 3.92. The van der Waals surface area contributed by atoms with Gasteiger partial charge in [0.25, 0.3) is 0 Å². The molecule has 0 saturated carbocycles. The average Bonchev–Trinajstić information content (AvgIpc) is 2.02. The van der Waals surface area contributed by atoms with E-state index in [4.69, 9.17) is 12.2 Å². The fraction of sp³-hybridized carbons (Fsp3) is 0.333. The topological polar surface area (TPSA) is 24.9 Å². The van der Waals surface area contributed by atoms with Crippen LogP contribution in [-0.2, 0) is 0 Å². The number of hydrogen-bond donors (Lipinski definition) is 1. The van der Waals surface area contributed by atoms with Gasteiger partial charge in [0, 0.05) is 5.69 Å². The molecule has 0 bridgehead atoms. The van der Waals surface area contributed by atoms with Crippen molar-refractivity contribution in [3.8, 4) is 0 Å². The lowest BCUT2D eigenvalue weighted by atomic mass is 10.2. The fourth-order valence-electron chi connectivity index (χ4n) is 1.06. The number of aryl methyl sites for hydroxylation is 2. The monoisotopic (exact) mass is 212 g/mol. The molecule has 1 rings (SSSR count). The quantitative estimate of drug-likeness (QED) is 0.724. The maximum atomic E-state index is 5.04. The van der Waals surface area contributed by atoms with Crippen molar-refractivity contribution in [1.82, 2.24) is 4.98 Å². The summed E-state index contributed by atoms with van der Waals surface area (Å²) in [4.78, 5) is 4.31. The van der Waals surface area contributed by atoms with Gasteiger partial charge in [-0.15, -0.1) is 11.8 Å². The van der Waals surface area contributed by atoms with Gasteiger partial charge in [-0.1, -0.05) is 12.2 Å². The first-order valence-corrected chi connectivity index (χ1v) is 5.55. The highest BCUT2D eigenvalue weighted by molar-refractivity contribution is 8.22. The van der Waals surface area contributed by atoms with Gasteiger partial charge in [0.05, 0.1) is 0 Å². The van der Waals surface area contributed by atoms with Crippen LogP contribution in [0.3, 0.4) is 0 Å². The Bertz CT molecular complexity index is 303. The van der Waals surface area contributed by atoms with Gasteiger partial charge in [-0.25, -0.2) is 4.98 Å². The summed E-state index contributed by atoms with van der Waals surface area (Å²) < 4.78 is 0.748. The average molecular weight is 212 g/mol. The molecule has 0 spiro atoms. The Kier molecular flexibility index (Phi) is 3.69. The number of rotatable bonds is 1. The van der Waals surface area contributed by atoms with Crippen LogP contribution in [-0.4, -0.2) is 15.6 Å². The van der Waals surface area contributed by atoms with Crippen LogP contribution < -0.4 is 5.32 Å². The van der Waals surface area contributed by atoms with E-state index in [1.807, 2.05) is 32.2 Å². The van der Waals surface area contributed by atoms with E-state index in [-0.39, 0.29) is 0 Å². The smallest absolute Gasteiger partial charge is 0.139 e. The zero-order valence-corrected chi connectivity index (χ0v) is 9.55. The SMILES string of the molecule is CSC(=S)Nc1cc(C)cc(C)n1. The number of thiocarbonyl (C=S) groups is 1. The third kappa shape index (κ3) is 3.32. The van der Waals surface area contributed by atoms with Crippen LogP contribution in [0.25, 0.3) is 0 Å². The fourth-order valence-corrected chi connectivity index (χ4v) is 1.37.